The molecule has 0 saturated heterocycles. The molecule has 1 aliphatic heterocycles. The summed E-state index contributed by atoms with van der Waals surface area (Å²) in [5, 5.41) is 10.9. The summed E-state index contributed by atoms with van der Waals surface area (Å²) in [5.41, 5.74) is 0. The van der Waals surface area contributed by atoms with Crippen molar-refractivity contribution in [2.45, 2.75) is 44.6 Å². The van der Waals surface area contributed by atoms with Crippen LogP contribution >= 0.6 is 0 Å². The van der Waals surface area contributed by atoms with Gasteiger partial charge in [0, 0.05) is 13.6 Å². The largest absolute Gasteiger partial charge is 0.356 e. The maximum atomic E-state index is 4.56. The molecule has 1 atom stereocenters. The summed E-state index contributed by atoms with van der Waals surface area (Å²) in [6.07, 6.45) is 8.09. The molecule has 2 N–H and O–H groups in total. The highest BCUT2D eigenvalue weighted by atomic mass is 15.5. The zero-order chi connectivity index (χ0) is 11.7. The Labute approximate surface area is 102 Å². The van der Waals surface area contributed by atoms with Crippen LogP contribution in [0, 0.1) is 5.92 Å². The van der Waals surface area contributed by atoms with E-state index in [9.17, 15) is 0 Å². The fraction of sp³-hybridized carbons (Fsp3) is 0.833. The molecule has 0 bridgehead atoms. The SMILES string of the molecule is CNc1nc2n(n1)C(C1CCCCC1)CCN2. The summed E-state index contributed by atoms with van der Waals surface area (Å²) < 4.78 is 2.12. The Kier molecular flexibility index (Phi) is 2.91. The molecule has 5 nitrogen and oxygen atoms in total. The summed E-state index contributed by atoms with van der Waals surface area (Å²) in [7, 11) is 1.87. The van der Waals surface area contributed by atoms with E-state index in [4.69, 9.17) is 0 Å². The predicted octanol–water partition coefficient (Wildman–Crippen LogP) is 2.26. The molecule has 2 aliphatic rings. The quantitative estimate of drug-likeness (QED) is 0.825. The van der Waals surface area contributed by atoms with Crippen molar-refractivity contribution in [3.05, 3.63) is 0 Å². The number of aromatic nitrogens is 3. The van der Waals surface area contributed by atoms with Crippen molar-refractivity contribution in [3.63, 3.8) is 0 Å². The van der Waals surface area contributed by atoms with Gasteiger partial charge in [-0.15, -0.1) is 5.10 Å². The van der Waals surface area contributed by atoms with Crippen LogP contribution in [0.15, 0.2) is 0 Å². The van der Waals surface area contributed by atoms with Crippen LogP contribution in [-0.2, 0) is 0 Å². The van der Waals surface area contributed by atoms with Crippen LogP contribution in [0.2, 0.25) is 0 Å². The first kappa shape index (κ1) is 10.9. The van der Waals surface area contributed by atoms with Gasteiger partial charge in [0.05, 0.1) is 6.04 Å². The third kappa shape index (κ3) is 1.98. The molecule has 17 heavy (non-hydrogen) atoms. The van der Waals surface area contributed by atoms with Gasteiger partial charge < -0.3 is 10.6 Å². The van der Waals surface area contributed by atoms with Crippen molar-refractivity contribution in [2.24, 2.45) is 5.92 Å². The standard InChI is InChI=1S/C12H21N5/c1-13-11-15-12-14-8-7-10(17(12)16-11)9-5-3-2-4-6-9/h9-10H,2-8H2,1H3,(H2,13,14,15,16). The van der Waals surface area contributed by atoms with Gasteiger partial charge in [0.1, 0.15) is 0 Å². The molecule has 5 heteroatoms. The normalized spacial score (nSPS) is 25.1. The lowest BCUT2D eigenvalue weighted by atomic mass is 9.82. The van der Waals surface area contributed by atoms with Gasteiger partial charge in [0.15, 0.2) is 0 Å². The summed E-state index contributed by atoms with van der Waals surface area (Å²) in [6.45, 7) is 1.03. The second kappa shape index (κ2) is 4.55. The van der Waals surface area contributed by atoms with E-state index >= 15 is 0 Å². The molecule has 1 fully saturated rings. The summed E-state index contributed by atoms with van der Waals surface area (Å²) >= 11 is 0. The summed E-state index contributed by atoms with van der Waals surface area (Å²) in [5.74, 6) is 2.47. The number of anilines is 2. The Bertz CT molecular complexity index is 380. The van der Waals surface area contributed by atoms with Gasteiger partial charge in [-0.25, -0.2) is 4.68 Å². The third-order valence-corrected chi connectivity index (χ3v) is 4.09. The van der Waals surface area contributed by atoms with Crippen molar-refractivity contribution < 1.29 is 0 Å². The van der Waals surface area contributed by atoms with Crippen LogP contribution in [0.5, 0.6) is 0 Å². The van der Waals surface area contributed by atoms with Crippen molar-refractivity contribution in [3.8, 4) is 0 Å². The van der Waals surface area contributed by atoms with Crippen LogP contribution in [-0.4, -0.2) is 28.4 Å². The van der Waals surface area contributed by atoms with Crippen LogP contribution in [0.1, 0.15) is 44.6 Å². The first-order valence-electron chi connectivity index (χ1n) is 6.76. The smallest absolute Gasteiger partial charge is 0.243 e. The first-order chi connectivity index (χ1) is 8.38. The topological polar surface area (TPSA) is 54.8 Å². The van der Waals surface area contributed by atoms with Crippen LogP contribution < -0.4 is 10.6 Å². The van der Waals surface area contributed by atoms with Gasteiger partial charge in [-0.1, -0.05) is 19.3 Å². The molecule has 1 unspecified atom stereocenters. The van der Waals surface area contributed by atoms with Gasteiger partial charge in [0.25, 0.3) is 0 Å². The van der Waals surface area contributed by atoms with Crippen LogP contribution in [0.25, 0.3) is 0 Å². The van der Waals surface area contributed by atoms with Gasteiger partial charge in [-0.3, -0.25) is 0 Å². The van der Waals surface area contributed by atoms with Gasteiger partial charge in [0.2, 0.25) is 11.9 Å². The molecule has 1 aromatic rings. The average Bonchev–Trinajstić information content (AvgIpc) is 2.82. The molecule has 0 amide bonds. The van der Waals surface area contributed by atoms with Crippen molar-refractivity contribution >= 4 is 11.9 Å². The van der Waals surface area contributed by atoms with Crippen molar-refractivity contribution in [1.82, 2.24) is 14.8 Å². The van der Waals surface area contributed by atoms with Crippen molar-refractivity contribution in [2.75, 3.05) is 24.2 Å². The van der Waals surface area contributed by atoms with E-state index < -0.39 is 0 Å². The van der Waals surface area contributed by atoms with E-state index in [0.717, 1.165) is 24.4 Å². The predicted molar refractivity (Wildman–Crippen MR) is 68.3 cm³/mol. The number of rotatable bonds is 2. The first-order valence-corrected chi connectivity index (χ1v) is 6.76. The lowest BCUT2D eigenvalue weighted by Crippen LogP contribution is -2.30. The summed E-state index contributed by atoms with van der Waals surface area (Å²) in [6, 6.07) is 0.557. The Morgan fingerprint density at radius 2 is 2.06 bits per heavy atom. The molecule has 1 saturated carbocycles. The van der Waals surface area contributed by atoms with E-state index in [-0.39, 0.29) is 0 Å². The monoisotopic (exact) mass is 235 g/mol. The Morgan fingerprint density at radius 3 is 2.82 bits per heavy atom. The lowest BCUT2D eigenvalue weighted by molar-refractivity contribution is 0.222. The number of hydrogen-bond acceptors (Lipinski definition) is 4. The molecule has 0 radical (unpaired) electrons. The number of nitrogens with zero attached hydrogens (tertiary/aromatic N) is 3. The van der Waals surface area contributed by atoms with E-state index in [0.29, 0.717) is 6.04 Å². The second-order valence-corrected chi connectivity index (χ2v) is 5.13. The molecule has 94 valence electrons. The van der Waals surface area contributed by atoms with E-state index in [1.54, 1.807) is 0 Å². The lowest BCUT2D eigenvalue weighted by Gasteiger charge is -2.33. The van der Waals surface area contributed by atoms with Crippen LogP contribution in [0.4, 0.5) is 11.9 Å². The molecule has 0 aromatic carbocycles. The molecule has 2 heterocycles. The Balaban J connectivity index is 1.84. The highest BCUT2D eigenvalue weighted by Gasteiger charge is 2.30. The molecule has 0 spiro atoms. The van der Waals surface area contributed by atoms with E-state index in [1.807, 2.05) is 7.05 Å². The third-order valence-electron chi connectivity index (χ3n) is 4.09. The average molecular weight is 235 g/mol. The second-order valence-electron chi connectivity index (χ2n) is 5.13. The van der Waals surface area contributed by atoms with Gasteiger partial charge >= 0.3 is 0 Å². The minimum absolute atomic E-state index is 0.557. The van der Waals surface area contributed by atoms with Crippen molar-refractivity contribution in [1.29, 1.82) is 0 Å². The highest BCUT2D eigenvalue weighted by molar-refractivity contribution is 5.36. The Hall–Kier alpha value is -1.26. The minimum Gasteiger partial charge on any atom is -0.356 e. The molecule has 1 aromatic heterocycles. The zero-order valence-corrected chi connectivity index (χ0v) is 10.4. The van der Waals surface area contributed by atoms with Gasteiger partial charge in [-0.2, -0.15) is 4.98 Å². The maximum Gasteiger partial charge on any atom is 0.243 e. The molecular formula is C12H21N5. The Morgan fingerprint density at radius 1 is 1.24 bits per heavy atom. The molecule has 3 rings (SSSR count). The maximum absolute atomic E-state index is 4.56. The number of hydrogen-bond donors (Lipinski definition) is 2. The minimum atomic E-state index is 0.557. The fourth-order valence-corrected chi connectivity index (χ4v) is 3.19. The number of fused-ring (bicyclic) bond motifs is 1. The van der Waals surface area contributed by atoms with E-state index in [1.165, 1.54) is 38.5 Å². The summed E-state index contributed by atoms with van der Waals surface area (Å²) in [4.78, 5) is 4.44. The van der Waals surface area contributed by atoms with Gasteiger partial charge in [-0.05, 0) is 25.2 Å². The van der Waals surface area contributed by atoms with Crippen LogP contribution in [0.3, 0.4) is 0 Å². The highest BCUT2D eigenvalue weighted by Crippen LogP contribution is 2.37. The molecular weight excluding hydrogens is 214 g/mol. The fourth-order valence-electron chi connectivity index (χ4n) is 3.19. The number of nitrogens with one attached hydrogen (secondary N) is 2. The molecule has 1 aliphatic carbocycles. The van der Waals surface area contributed by atoms with E-state index in [2.05, 4.69) is 25.4 Å². The zero-order valence-electron chi connectivity index (χ0n) is 10.4.